The SMILES string of the molecule is COc1ccc(CC2C3=C(c4cc(C(=O)NC5CCS(=O)(=O)C5)ccc42)C(C)(C)CC2(CC2)C3=O)cc1. The van der Waals surface area contributed by atoms with Gasteiger partial charge in [-0.2, -0.15) is 0 Å². The van der Waals surface area contributed by atoms with E-state index >= 15 is 0 Å². The Kier molecular flexibility index (Phi) is 5.47. The van der Waals surface area contributed by atoms with E-state index in [4.69, 9.17) is 4.74 Å². The number of sulfone groups is 1. The third-order valence-corrected chi connectivity index (χ3v) is 10.5. The monoisotopic (exact) mass is 519 g/mol. The van der Waals surface area contributed by atoms with E-state index in [0.717, 1.165) is 52.8 Å². The number of ether oxygens (including phenoxy) is 1. The number of Topliss-reactive ketones (excluding diaryl/α,β-unsaturated/α-hetero) is 1. The molecule has 6 nitrogen and oxygen atoms in total. The van der Waals surface area contributed by atoms with Crippen LogP contribution in [0.25, 0.3) is 5.57 Å². The van der Waals surface area contributed by atoms with Crippen molar-refractivity contribution in [2.75, 3.05) is 18.6 Å². The van der Waals surface area contributed by atoms with Crippen LogP contribution in [0, 0.1) is 10.8 Å². The summed E-state index contributed by atoms with van der Waals surface area (Å²) in [6.07, 6.45) is 3.90. The number of fused-ring (bicyclic) bond motifs is 2. The molecule has 1 spiro atoms. The van der Waals surface area contributed by atoms with E-state index in [9.17, 15) is 18.0 Å². The summed E-state index contributed by atoms with van der Waals surface area (Å²) in [5.74, 6) is 0.881. The highest BCUT2D eigenvalue weighted by atomic mass is 32.2. The molecule has 37 heavy (non-hydrogen) atoms. The molecule has 194 valence electrons. The topological polar surface area (TPSA) is 89.5 Å². The summed E-state index contributed by atoms with van der Waals surface area (Å²) in [4.78, 5) is 27.1. The highest BCUT2D eigenvalue weighted by Gasteiger charge is 2.60. The molecule has 2 aromatic carbocycles. The second kappa shape index (κ2) is 8.29. The lowest BCUT2D eigenvalue weighted by molar-refractivity contribution is -0.122. The summed E-state index contributed by atoms with van der Waals surface area (Å²) >= 11 is 0. The van der Waals surface area contributed by atoms with Crippen LogP contribution in [-0.4, -0.2) is 44.8 Å². The molecule has 2 unspecified atom stereocenters. The van der Waals surface area contributed by atoms with E-state index in [-0.39, 0.29) is 40.2 Å². The van der Waals surface area contributed by atoms with Crippen molar-refractivity contribution >= 4 is 27.1 Å². The number of ketones is 1. The Morgan fingerprint density at radius 2 is 1.84 bits per heavy atom. The van der Waals surface area contributed by atoms with Crippen molar-refractivity contribution in [2.45, 2.75) is 57.9 Å². The Morgan fingerprint density at radius 1 is 1.11 bits per heavy atom. The number of hydrogen-bond donors (Lipinski definition) is 1. The van der Waals surface area contributed by atoms with E-state index in [2.05, 4.69) is 31.3 Å². The lowest BCUT2D eigenvalue weighted by Gasteiger charge is -2.38. The molecule has 3 aliphatic carbocycles. The van der Waals surface area contributed by atoms with Crippen LogP contribution in [-0.2, 0) is 21.1 Å². The van der Waals surface area contributed by atoms with Gasteiger partial charge in [0.15, 0.2) is 15.6 Å². The molecule has 0 aromatic heterocycles. The maximum Gasteiger partial charge on any atom is 0.251 e. The molecule has 1 amide bonds. The fourth-order valence-electron chi connectivity index (χ4n) is 6.94. The lowest BCUT2D eigenvalue weighted by atomic mass is 9.64. The molecule has 7 heteroatoms. The molecule has 2 aromatic rings. The first-order valence-electron chi connectivity index (χ1n) is 13.1. The number of allylic oxidation sites excluding steroid dienone is 2. The first kappa shape index (κ1) is 24.4. The molecule has 1 heterocycles. The zero-order chi connectivity index (χ0) is 26.2. The van der Waals surface area contributed by atoms with Gasteiger partial charge in [-0.25, -0.2) is 8.42 Å². The highest BCUT2D eigenvalue weighted by molar-refractivity contribution is 7.91. The van der Waals surface area contributed by atoms with E-state index in [1.807, 2.05) is 30.3 Å². The molecule has 4 aliphatic rings. The van der Waals surface area contributed by atoms with Gasteiger partial charge in [-0.1, -0.05) is 32.0 Å². The quantitative estimate of drug-likeness (QED) is 0.629. The van der Waals surface area contributed by atoms with E-state index in [1.165, 1.54) is 0 Å². The predicted octanol–water partition coefficient (Wildman–Crippen LogP) is 4.48. The zero-order valence-electron chi connectivity index (χ0n) is 21.6. The Hall–Kier alpha value is -2.93. The average molecular weight is 520 g/mol. The second-order valence-electron chi connectivity index (χ2n) is 11.9. The summed E-state index contributed by atoms with van der Waals surface area (Å²) in [5, 5.41) is 2.92. The number of methoxy groups -OCH3 is 1. The molecule has 0 bridgehead atoms. The van der Waals surface area contributed by atoms with Gasteiger partial charge in [0.1, 0.15) is 5.75 Å². The third-order valence-electron chi connectivity index (χ3n) is 8.78. The van der Waals surface area contributed by atoms with Crippen molar-refractivity contribution < 1.29 is 22.7 Å². The normalized spacial score (nSPS) is 26.1. The third kappa shape index (κ3) is 4.12. The van der Waals surface area contributed by atoms with Crippen LogP contribution >= 0.6 is 0 Å². The number of carbonyl (C=O) groups is 2. The maximum atomic E-state index is 13.9. The van der Waals surface area contributed by atoms with Gasteiger partial charge in [0.05, 0.1) is 18.6 Å². The minimum atomic E-state index is -3.08. The summed E-state index contributed by atoms with van der Waals surface area (Å²) in [7, 11) is -1.44. The van der Waals surface area contributed by atoms with Crippen molar-refractivity contribution in [3.05, 3.63) is 70.3 Å². The van der Waals surface area contributed by atoms with Gasteiger partial charge in [0, 0.05) is 28.5 Å². The van der Waals surface area contributed by atoms with Gasteiger partial charge in [-0.15, -0.1) is 0 Å². The minimum Gasteiger partial charge on any atom is -0.497 e. The molecule has 1 aliphatic heterocycles. The van der Waals surface area contributed by atoms with Crippen molar-refractivity contribution in [1.29, 1.82) is 0 Å². The predicted molar refractivity (Wildman–Crippen MR) is 142 cm³/mol. The molecule has 2 fully saturated rings. The molecular formula is C30H33NO5S. The molecule has 1 saturated carbocycles. The molecule has 2 atom stereocenters. The van der Waals surface area contributed by atoms with E-state index in [1.54, 1.807) is 7.11 Å². The van der Waals surface area contributed by atoms with Crippen LogP contribution in [0.5, 0.6) is 5.75 Å². The van der Waals surface area contributed by atoms with Gasteiger partial charge < -0.3 is 10.1 Å². The van der Waals surface area contributed by atoms with Gasteiger partial charge >= 0.3 is 0 Å². The summed E-state index contributed by atoms with van der Waals surface area (Å²) < 4.78 is 29.0. The van der Waals surface area contributed by atoms with Crippen molar-refractivity contribution in [3.8, 4) is 5.75 Å². The average Bonchev–Trinajstić information content (AvgIpc) is 3.42. The fraction of sp³-hybridized carbons (Fsp3) is 0.467. The Balaban J connectivity index is 1.39. The van der Waals surface area contributed by atoms with Gasteiger partial charge in [-0.05, 0) is 84.0 Å². The molecule has 0 radical (unpaired) electrons. The van der Waals surface area contributed by atoms with Crippen molar-refractivity contribution in [3.63, 3.8) is 0 Å². The number of rotatable bonds is 5. The molecular weight excluding hydrogens is 486 g/mol. The molecule has 1 saturated heterocycles. The van der Waals surface area contributed by atoms with Crippen LogP contribution in [0.15, 0.2) is 48.0 Å². The number of amides is 1. The smallest absolute Gasteiger partial charge is 0.251 e. The maximum absolute atomic E-state index is 13.9. The number of carbonyl (C=O) groups excluding carboxylic acids is 2. The van der Waals surface area contributed by atoms with E-state index in [0.29, 0.717) is 24.2 Å². The zero-order valence-corrected chi connectivity index (χ0v) is 22.4. The number of hydrogen-bond acceptors (Lipinski definition) is 5. The van der Waals surface area contributed by atoms with Crippen LogP contribution in [0.3, 0.4) is 0 Å². The fourth-order valence-corrected chi connectivity index (χ4v) is 8.61. The van der Waals surface area contributed by atoms with Gasteiger partial charge in [0.2, 0.25) is 0 Å². The Morgan fingerprint density at radius 3 is 2.46 bits per heavy atom. The standard InChI is InChI=1S/C30H33NO5S/c1-29(2)17-30(11-12-30)27(32)25-23(14-18-4-7-21(36-3)8-5-18)22-9-6-19(15-24(22)26(25)29)28(33)31-20-10-13-37(34,35)16-20/h4-9,15,20,23H,10-14,16-17H2,1-3H3,(H,31,33). The van der Waals surface area contributed by atoms with Gasteiger partial charge in [0.25, 0.3) is 5.91 Å². The van der Waals surface area contributed by atoms with Crippen molar-refractivity contribution in [1.82, 2.24) is 5.32 Å². The number of benzene rings is 2. The molecule has 1 N–H and O–H groups in total. The van der Waals surface area contributed by atoms with Crippen molar-refractivity contribution in [2.24, 2.45) is 10.8 Å². The van der Waals surface area contributed by atoms with Crippen LogP contribution in [0.1, 0.15) is 72.5 Å². The Labute approximate surface area is 218 Å². The van der Waals surface area contributed by atoms with E-state index < -0.39 is 9.84 Å². The van der Waals surface area contributed by atoms with Crippen LogP contribution in [0.2, 0.25) is 0 Å². The molecule has 6 rings (SSSR count). The Bertz CT molecular complexity index is 1450. The summed E-state index contributed by atoms with van der Waals surface area (Å²) in [6.45, 7) is 4.45. The van der Waals surface area contributed by atoms with Gasteiger partial charge in [-0.3, -0.25) is 9.59 Å². The first-order chi connectivity index (χ1) is 17.5. The number of nitrogens with one attached hydrogen (secondary N) is 1. The van der Waals surface area contributed by atoms with Crippen LogP contribution in [0.4, 0.5) is 0 Å². The van der Waals surface area contributed by atoms with Crippen LogP contribution < -0.4 is 10.1 Å². The highest BCUT2D eigenvalue weighted by Crippen LogP contribution is 2.66. The first-order valence-corrected chi connectivity index (χ1v) is 14.9. The lowest BCUT2D eigenvalue weighted by Crippen LogP contribution is -2.35. The summed E-state index contributed by atoms with van der Waals surface area (Å²) in [6, 6.07) is 13.4. The summed E-state index contributed by atoms with van der Waals surface area (Å²) in [5.41, 5.74) is 5.34. The largest absolute Gasteiger partial charge is 0.497 e. The minimum absolute atomic E-state index is 0.00741. The second-order valence-corrected chi connectivity index (χ2v) is 14.2.